The summed E-state index contributed by atoms with van der Waals surface area (Å²) < 4.78 is 7.05. The summed E-state index contributed by atoms with van der Waals surface area (Å²) in [5.41, 5.74) is 1.45. The molecule has 0 bridgehead atoms. The number of nitrogens with zero attached hydrogens (tertiary/aromatic N) is 3. The summed E-state index contributed by atoms with van der Waals surface area (Å²) in [6.45, 7) is 0.511. The minimum absolute atomic E-state index is 0.0117. The van der Waals surface area contributed by atoms with E-state index in [0.29, 0.717) is 18.1 Å². The van der Waals surface area contributed by atoms with Crippen LogP contribution >= 0.6 is 0 Å². The molecule has 2 N–H and O–H groups in total. The summed E-state index contributed by atoms with van der Waals surface area (Å²) in [5, 5.41) is 16.4. The quantitative estimate of drug-likeness (QED) is 0.768. The van der Waals surface area contributed by atoms with Gasteiger partial charge in [-0.3, -0.25) is 0 Å². The van der Waals surface area contributed by atoms with E-state index in [1.165, 1.54) is 10.7 Å². The topological polar surface area (TPSA) is 88.8 Å². The van der Waals surface area contributed by atoms with Crippen molar-refractivity contribution in [3.05, 3.63) is 53.9 Å². The average Bonchev–Trinajstić information content (AvgIpc) is 3.11. The Labute approximate surface area is 125 Å². The number of para-hydroxylation sites is 1. The highest BCUT2D eigenvalue weighted by molar-refractivity contribution is 5.94. The van der Waals surface area contributed by atoms with Gasteiger partial charge < -0.3 is 15.2 Å². The van der Waals surface area contributed by atoms with E-state index in [1.807, 2.05) is 24.3 Å². The molecule has 1 aliphatic heterocycles. The normalized spacial score (nSPS) is 16.3. The number of ether oxygens (including phenoxy) is 1. The molecule has 1 atom stereocenters. The Bertz CT molecular complexity index is 874. The first-order chi connectivity index (χ1) is 10.7. The monoisotopic (exact) mass is 296 g/mol. The lowest BCUT2D eigenvalue weighted by Gasteiger charge is -2.12. The molecule has 0 saturated carbocycles. The highest BCUT2D eigenvalue weighted by Crippen LogP contribution is 2.33. The largest absolute Gasteiger partial charge is 0.491 e. The van der Waals surface area contributed by atoms with Crippen LogP contribution in [0.5, 0.6) is 5.75 Å². The number of fused-ring (bicyclic) bond motifs is 2. The number of aromatic nitrogens is 3. The Morgan fingerprint density at radius 3 is 3.09 bits per heavy atom. The first-order valence-corrected chi connectivity index (χ1v) is 6.78. The van der Waals surface area contributed by atoms with Crippen LogP contribution in [0.25, 0.3) is 5.65 Å². The maximum Gasteiger partial charge on any atom is 0.341 e. The van der Waals surface area contributed by atoms with Gasteiger partial charge in [-0.15, -0.1) is 0 Å². The van der Waals surface area contributed by atoms with Crippen molar-refractivity contribution in [2.24, 2.45) is 0 Å². The average molecular weight is 296 g/mol. The van der Waals surface area contributed by atoms with Crippen molar-refractivity contribution >= 4 is 17.4 Å². The van der Waals surface area contributed by atoms with Gasteiger partial charge in [0.2, 0.25) is 0 Å². The maximum absolute atomic E-state index is 11.2. The molecule has 0 radical (unpaired) electrons. The third kappa shape index (κ3) is 1.95. The molecule has 4 rings (SSSR count). The Balaban J connectivity index is 1.68. The molecular formula is C15H12N4O3. The highest BCUT2D eigenvalue weighted by atomic mass is 16.5. The number of carboxylic acid groups (broad SMARTS) is 1. The van der Waals surface area contributed by atoms with Gasteiger partial charge in [-0.2, -0.15) is 5.10 Å². The van der Waals surface area contributed by atoms with Crippen molar-refractivity contribution in [1.82, 2.24) is 14.6 Å². The van der Waals surface area contributed by atoms with E-state index in [9.17, 15) is 4.79 Å². The molecule has 2 aromatic heterocycles. The third-order valence-electron chi connectivity index (χ3n) is 3.62. The number of carboxylic acids is 1. The standard InChI is InChI=1S/C15H12N4O3/c20-15(21)10-7-16-19-6-5-13(18-14(10)19)17-11-8-22-12-4-2-1-3-9(11)12/h1-7,11H,8H2,(H,17,18)(H,20,21). The fourth-order valence-corrected chi connectivity index (χ4v) is 2.56. The van der Waals surface area contributed by atoms with Crippen LogP contribution in [0.4, 0.5) is 5.82 Å². The fraction of sp³-hybridized carbons (Fsp3) is 0.133. The smallest absolute Gasteiger partial charge is 0.341 e. The number of aromatic carboxylic acids is 1. The van der Waals surface area contributed by atoms with Gasteiger partial charge in [0.1, 0.15) is 23.7 Å². The van der Waals surface area contributed by atoms with Crippen LogP contribution in [0.1, 0.15) is 22.0 Å². The molecule has 0 amide bonds. The van der Waals surface area contributed by atoms with Crippen molar-refractivity contribution < 1.29 is 14.6 Å². The Morgan fingerprint density at radius 1 is 1.36 bits per heavy atom. The summed E-state index contributed by atoms with van der Waals surface area (Å²) in [6.07, 6.45) is 2.97. The van der Waals surface area contributed by atoms with Crippen molar-refractivity contribution in [1.29, 1.82) is 0 Å². The summed E-state index contributed by atoms with van der Waals surface area (Å²) in [5.74, 6) is 0.395. The number of hydrogen-bond acceptors (Lipinski definition) is 5. The van der Waals surface area contributed by atoms with Gasteiger partial charge in [0.05, 0.1) is 12.2 Å². The van der Waals surface area contributed by atoms with E-state index >= 15 is 0 Å². The molecule has 1 aliphatic rings. The van der Waals surface area contributed by atoms with Gasteiger partial charge in [-0.05, 0) is 12.1 Å². The van der Waals surface area contributed by atoms with E-state index < -0.39 is 5.97 Å². The minimum Gasteiger partial charge on any atom is -0.491 e. The summed E-state index contributed by atoms with van der Waals surface area (Å²) in [7, 11) is 0. The van der Waals surface area contributed by atoms with Crippen molar-refractivity contribution in [2.75, 3.05) is 11.9 Å². The van der Waals surface area contributed by atoms with Gasteiger partial charge in [0.25, 0.3) is 0 Å². The van der Waals surface area contributed by atoms with E-state index in [4.69, 9.17) is 9.84 Å². The van der Waals surface area contributed by atoms with Gasteiger partial charge in [0, 0.05) is 11.8 Å². The molecule has 22 heavy (non-hydrogen) atoms. The van der Waals surface area contributed by atoms with Crippen molar-refractivity contribution in [3.8, 4) is 5.75 Å². The molecule has 1 aromatic carbocycles. The fourth-order valence-electron chi connectivity index (χ4n) is 2.56. The predicted octanol–water partition coefficient (Wildman–Crippen LogP) is 1.97. The molecule has 0 aliphatic carbocycles. The first kappa shape index (κ1) is 12.6. The van der Waals surface area contributed by atoms with E-state index in [-0.39, 0.29) is 11.6 Å². The molecule has 0 fully saturated rings. The Hall–Kier alpha value is -3.09. The molecule has 110 valence electrons. The highest BCUT2D eigenvalue weighted by Gasteiger charge is 2.24. The van der Waals surface area contributed by atoms with Gasteiger partial charge in [-0.25, -0.2) is 14.3 Å². The second-order valence-corrected chi connectivity index (χ2v) is 4.99. The number of rotatable bonds is 3. The number of benzene rings is 1. The minimum atomic E-state index is -1.05. The molecule has 3 heterocycles. The molecular weight excluding hydrogens is 284 g/mol. The summed E-state index contributed by atoms with van der Waals surface area (Å²) >= 11 is 0. The zero-order chi connectivity index (χ0) is 15.1. The predicted molar refractivity (Wildman–Crippen MR) is 78.2 cm³/mol. The van der Waals surface area contributed by atoms with Crippen LogP contribution in [0.2, 0.25) is 0 Å². The van der Waals surface area contributed by atoms with Crippen LogP contribution in [0.3, 0.4) is 0 Å². The second-order valence-electron chi connectivity index (χ2n) is 4.99. The Morgan fingerprint density at radius 2 is 2.23 bits per heavy atom. The van der Waals surface area contributed by atoms with Crippen LogP contribution in [-0.4, -0.2) is 32.3 Å². The van der Waals surface area contributed by atoms with Crippen LogP contribution in [0.15, 0.2) is 42.7 Å². The zero-order valence-corrected chi connectivity index (χ0v) is 11.4. The van der Waals surface area contributed by atoms with Crippen LogP contribution in [-0.2, 0) is 0 Å². The molecule has 3 aromatic rings. The van der Waals surface area contributed by atoms with E-state index in [1.54, 1.807) is 12.3 Å². The number of anilines is 1. The lowest BCUT2D eigenvalue weighted by Crippen LogP contribution is -2.13. The van der Waals surface area contributed by atoms with Crippen molar-refractivity contribution in [3.63, 3.8) is 0 Å². The number of hydrogen-bond donors (Lipinski definition) is 2. The zero-order valence-electron chi connectivity index (χ0n) is 11.4. The maximum atomic E-state index is 11.2. The molecule has 0 saturated heterocycles. The number of nitrogens with one attached hydrogen (secondary N) is 1. The lowest BCUT2D eigenvalue weighted by molar-refractivity contribution is 0.0699. The molecule has 7 nitrogen and oxygen atoms in total. The van der Waals surface area contributed by atoms with Crippen molar-refractivity contribution in [2.45, 2.75) is 6.04 Å². The van der Waals surface area contributed by atoms with Crippen LogP contribution < -0.4 is 10.1 Å². The molecule has 0 spiro atoms. The van der Waals surface area contributed by atoms with Gasteiger partial charge in [-0.1, -0.05) is 18.2 Å². The second kappa shape index (κ2) is 4.73. The molecule has 1 unspecified atom stereocenters. The lowest BCUT2D eigenvalue weighted by atomic mass is 10.1. The van der Waals surface area contributed by atoms with Crippen LogP contribution in [0, 0.1) is 0 Å². The third-order valence-corrected chi connectivity index (χ3v) is 3.62. The van der Waals surface area contributed by atoms with E-state index in [2.05, 4.69) is 15.4 Å². The molecule has 7 heteroatoms. The first-order valence-electron chi connectivity index (χ1n) is 6.78. The van der Waals surface area contributed by atoms with Gasteiger partial charge in [0.15, 0.2) is 5.65 Å². The Kier molecular flexibility index (Phi) is 2.72. The summed E-state index contributed by atoms with van der Waals surface area (Å²) in [4.78, 5) is 15.5. The van der Waals surface area contributed by atoms with E-state index in [0.717, 1.165) is 11.3 Å². The summed E-state index contributed by atoms with van der Waals surface area (Å²) in [6, 6.07) is 9.55. The van der Waals surface area contributed by atoms with Gasteiger partial charge >= 0.3 is 5.97 Å². The number of carbonyl (C=O) groups is 1. The SMILES string of the molecule is O=C(O)c1cnn2ccc(NC3COc4ccccc43)nc12.